The van der Waals surface area contributed by atoms with Gasteiger partial charge in [-0.15, -0.1) is 0 Å². The number of hydrogen-bond acceptors (Lipinski definition) is 3. The molecule has 10 aromatic rings. The molecule has 0 spiro atoms. The molecule has 12 rings (SSSR count). The van der Waals surface area contributed by atoms with Crippen LogP contribution < -0.4 is 14.7 Å². The van der Waals surface area contributed by atoms with Gasteiger partial charge in [-0.05, 0) is 129 Å². The first-order chi connectivity index (χ1) is 33.2. The summed E-state index contributed by atoms with van der Waals surface area (Å²) in [6, 6.07) is 90.4. The van der Waals surface area contributed by atoms with Gasteiger partial charge in [-0.3, -0.25) is 0 Å². The van der Waals surface area contributed by atoms with E-state index in [2.05, 4.69) is 288 Å². The fourth-order valence-corrected chi connectivity index (χ4v) is 10.2. The lowest BCUT2D eigenvalue weighted by molar-refractivity contribution is 0.745. The highest BCUT2D eigenvalue weighted by atomic mass is 15.2. The van der Waals surface area contributed by atoms with Gasteiger partial charge in [-0.1, -0.05) is 188 Å². The molecule has 0 fully saturated rings. The topological polar surface area (TPSA) is 9.72 Å². The van der Waals surface area contributed by atoms with E-state index >= 15 is 0 Å². The van der Waals surface area contributed by atoms with Crippen LogP contribution in [0.4, 0.5) is 45.5 Å². The van der Waals surface area contributed by atoms with Crippen molar-refractivity contribution in [1.29, 1.82) is 0 Å². The van der Waals surface area contributed by atoms with Gasteiger partial charge < -0.3 is 14.7 Å². The zero-order valence-corrected chi connectivity index (χ0v) is 37.0. The first kappa shape index (κ1) is 39.9. The maximum absolute atomic E-state index is 2.49. The predicted octanol–water partition coefficient (Wildman–Crippen LogP) is 17.5. The Hall–Kier alpha value is -8.66. The van der Waals surface area contributed by atoms with E-state index in [1.165, 1.54) is 61.1 Å². The molecule has 0 aromatic heterocycles. The maximum Gasteiger partial charge on any atom is 0.0629 e. The highest BCUT2D eigenvalue weighted by molar-refractivity contribution is 6.06. The molecular weight excluding hydrogens is 811 g/mol. The second kappa shape index (κ2) is 17.4. The molecule has 3 nitrogen and oxygen atoms in total. The van der Waals surface area contributed by atoms with Crippen molar-refractivity contribution in [2.45, 2.75) is 12.0 Å². The van der Waals surface area contributed by atoms with Crippen LogP contribution in [0.3, 0.4) is 0 Å². The van der Waals surface area contributed by atoms with Gasteiger partial charge in [0, 0.05) is 51.1 Å². The van der Waals surface area contributed by atoms with Gasteiger partial charge in [0.25, 0.3) is 0 Å². The maximum atomic E-state index is 2.49. The number of nitrogens with zero attached hydrogens (tertiary/aromatic N) is 3. The van der Waals surface area contributed by atoms with Crippen LogP contribution in [-0.2, 0) is 0 Å². The number of allylic oxidation sites excluding steroid dienone is 2. The zero-order valence-electron chi connectivity index (χ0n) is 37.0. The van der Waals surface area contributed by atoms with Gasteiger partial charge in [0.15, 0.2) is 0 Å². The molecule has 0 saturated carbocycles. The minimum atomic E-state index is 0.224. The molecule has 3 heteroatoms. The zero-order chi connectivity index (χ0) is 44.5. The largest absolute Gasteiger partial charge is 0.333 e. The molecule has 1 aliphatic carbocycles. The minimum absolute atomic E-state index is 0.224. The van der Waals surface area contributed by atoms with Crippen molar-refractivity contribution in [3.05, 3.63) is 279 Å². The summed E-state index contributed by atoms with van der Waals surface area (Å²) >= 11 is 0. The third-order valence-corrected chi connectivity index (χ3v) is 13.4. The number of hydrogen-bond donors (Lipinski definition) is 0. The first-order valence-electron chi connectivity index (χ1n) is 23.2. The summed E-state index contributed by atoms with van der Waals surface area (Å²) in [4.78, 5) is 7.28. The molecule has 0 radical (unpaired) electrons. The summed E-state index contributed by atoms with van der Waals surface area (Å²) in [5.74, 6) is 0.248. The van der Waals surface area contributed by atoms with Crippen LogP contribution in [0.25, 0.3) is 44.2 Å². The molecule has 0 saturated heterocycles. The molecule has 1 heterocycles. The Morgan fingerprint density at radius 1 is 0.328 bits per heavy atom. The Bertz CT molecular complexity index is 3300. The molecule has 2 atom stereocenters. The summed E-state index contributed by atoms with van der Waals surface area (Å²) in [7, 11) is 0. The van der Waals surface area contributed by atoms with Gasteiger partial charge in [-0.25, -0.2) is 0 Å². The summed E-state index contributed by atoms with van der Waals surface area (Å²) in [5.41, 5.74) is 17.6. The molecule has 10 aromatic carbocycles. The van der Waals surface area contributed by atoms with E-state index in [4.69, 9.17) is 0 Å². The van der Waals surface area contributed by atoms with Gasteiger partial charge in [0.2, 0.25) is 0 Å². The smallest absolute Gasteiger partial charge is 0.0629 e. The molecule has 0 bridgehead atoms. The fourth-order valence-electron chi connectivity index (χ4n) is 10.2. The second-order valence-corrected chi connectivity index (χ2v) is 17.3. The van der Waals surface area contributed by atoms with E-state index in [-0.39, 0.29) is 12.0 Å². The van der Waals surface area contributed by atoms with Crippen molar-refractivity contribution < 1.29 is 0 Å². The van der Waals surface area contributed by atoms with E-state index in [1.807, 2.05) is 0 Å². The lowest BCUT2D eigenvalue weighted by Crippen LogP contribution is -2.28. The SMILES string of the molecule is C1=CC2c3cc(N(c4ccccc4)c4ccc(-c5ccc(N(c6ccc(-c7ccccc7)cc6)c6ccc(-c7ccccc7)cc6)cc5)c5ccccc45)ccc3N(c3ccccc3)C2C=C1. The standard InChI is InChI=1S/C64H47N3/c1-5-17-46(18-6-1)48-29-35-53(36-30-48)65(54-37-31-49(32-38-54)47-19-7-2-8-20-47)55-39-33-50(34-40-55)57-42-44-63(59-26-14-13-25-58(57)59)66(51-21-9-3-10-22-51)56-41-43-64-61(45-56)60-27-15-16-28-62(60)67(64)52-23-11-4-12-24-52/h1-45,60,62H. The Morgan fingerprint density at radius 2 is 0.791 bits per heavy atom. The van der Waals surface area contributed by atoms with Gasteiger partial charge in [0.05, 0.1) is 11.7 Å². The third kappa shape index (κ3) is 7.47. The Morgan fingerprint density at radius 3 is 1.39 bits per heavy atom. The Balaban J connectivity index is 0.925. The van der Waals surface area contributed by atoms with Crippen molar-refractivity contribution in [2.24, 2.45) is 0 Å². The molecule has 1 aliphatic heterocycles. The van der Waals surface area contributed by atoms with Crippen molar-refractivity contribution >= 4 is 56.3 Å². The normalized spacial score (nSPS) is 14.7. The van der Waals surface area contributed by atoms with E-state index in [0.29, 0.717) is 0 Å². The van der Waals surface area contributed by atoms with Crippen LogP contribution in [0.15, 0.2) is 273 Å². The van der Waals surface area contributed by atoms with Crippen molar-refractivity contribution in [1.82, 2.24) is 0 Å². The third-order valence-electron chi connectivity index (χ3n) is 13.4. The molecule has 318 valence electrons. The van der Waals surface area contributed by atoms with Crippen LogP contribution in [0.2, 0.25) is 0 Å². The van der Waals surface area contributed by atoms with Crippen LogP contribution in [0, 0.1) is 0 Å². The molecule has 67 heavy (non-hydrogen) atoms. The molecule has 2 unspecified atom stereocenters. The van der Waals surface area contributed by atoms with Crippen molar-refractivity contribution in [3.8, 4) is 33.4 Å². The number of anilines is 8. The van der Waals surface area contributed by atoms with Crippen LogP contribution in [0.1, 0.15) is 11.5 Å². The van der Waals surface area contributed by atoms with Gasteiger partial charge >= 0.3 is 0 Å². The summed E-state index contributed by atoms with van der Waals surface area (Å²) in [6.07, 6.45) is 9.09. The van der Waals surface area contributed by atoms with E-state index in [0.717, 1.165) is 34.1 Å². The Kier molecular flexibility index (Phi) is 10.3. The quantitative estimate of drug-likeness (QED) is 0.136. The lowest BCUT2D eigenvalue weighted by Gasteiger charge is -2.29. The van der Waals surface area contributed by atoms with Crippen molar-refractivity contribution in [3.63, 3.8) is 0 Å². The van der Waals surface area contributed by atoms with Gasteiger partial charge in [0.1, 0.15) is 0 Å². The Labute approximate surface area is 393 Å². The lowest BCUT2D eigenvalue weighted by atomic mass is 9.91. The average Bonchev–Trinajstić information content (AvgIpc) is 3.74. The monoisotopic (exact) mass is 857 g/mol. The van der Waals surface area contributed by atoms with Gasteiger partial charge in [-0.2, -0.15) is 0 Å². The molecular formula is C64H47N3. The van der Waals surface area contributed by atoms with E-state index < -0.39 is 0 Å². The van der Waals surface area contributed by atoms with E-state index in [1.54, 1.807) is 0 Å². The number of rotatable bonds is 10. The fraction of sp³-hybridized carbons (Fsp3) is 0.0312. The highest BCUT2D eigenvalue weighted by Crippen LogP contribution is 2.51. The molecule has 0 amide bonds. The predicted molar refractivity (Wildman–Crippen MR) is 283 cm³/mol. The number of fused-ring (bicyclic) bond motifs is 4. The van der Waals surface area contributed by atoms with Crippen LogP contribution in [0.5, 0.6) is 0 Å². The second-order valence-electron chi connectivity index (χ2n) is 17.3. The highest BCUT2D eigenvalue weighted by Gasteiger charge is 2.38. The van der Waals surface area contributed by atoms with Crippen LogP contribution in [-0.4, -0.2) is 6.04 Å². The molecule has 0 N–H and O–H groups in total. The van der Waals surface area contributed by atoms with Crippen LogP contribution >= 0.6 is 0 Å². The summed E-state index contributed by atoms with van der Waals surface area (Å²) in [6.45, 7) is 0. The number of benzene rings is 10. The molecule has 2 aliphatic rings. The minimum Gasteiger partial charge on any atom is -0.333 e. The van der Waals surface area contributed by atoms with E-state index in [9.17, 15) is 0 Å². The average molecular weight is 858 g/mol. The first-order valence-corrected chi connectivity index (χ1v) is 23.2. The summed E-state index contributed by atoms with van der Waals surface area (Å²) in [5, 5.41) is 2.40. The van der Waals surface area contributed by atoms with Crippen molar-refractivity contribution in [2.75, 3.05) is 14.7 Å². The number of para-hydroxylation sites is 2. The summed E-state index contributed by atoms with van der Waals surface area (Å²) < 4.78 is 0.